The summed E-state index contributed by atoms with van der Waals surface area (Å²) in [7, 11) is 0. The normalized spacial score (nSPS) is 10.2. The number of carbonyl (C=O) groups is 2. The molecule has 0 fully saturated rings. The fourth-order valence-electron chi connectivity index (χ4n) is 1.00. The van der Waals surface area contributed by atoms with Gasteiger partial charge in [-0.25, -0.2) is 13.2 Å². The summed E-state index contributed by atoms with van der Waals surface area (Å²) in [5.41, 5.74) is -0.923. The summed E-state index contributed by atoms with van der Waals surface area (Å²) < 4.78 is 38.7. The topological polar surface area (TPSA) is 57.2 Å². The van der Waals surface area contributed by atoms with Crippen LogP contribution in [0.1, 0.15) is 16.8 Å². The highest BCUT2D eigenvalue weighted by atomic mass is 35.5. The number of benzene rings is 1. The molecule has 0 heterocycles. The van der Waals surface area contributed by atoms with Crippen LogP contribution in [0.5, 0.6) is 0 Å². The Morgan fingerprint density at radius 2 is 1.81 bits per heavy atom. The maximum Gasteiger partial charge on any atom is 0.180 e. The van der Waals surface area contributed by atoms with Gasteiger partial charge in [0.25, 0.3) is 0 Å². The maximum atomic E-state index is 13.2. The van der Waals surface area contributed by atoms with Crippen LogP contribution in [0.2, 0.25) is 5.02 Å². The Balaban J connectivity index is 3.25. The number of hydrogen-bond donors (Lipinski definition) is 0. The zero-order chi connectivity index (χ0) is 12.5. The van der Waals surface area contributed by atoms with E-state index in [1.807, 2.05) is 0 Å². The molecule has 0 bridgehead atoms. The van der Waals surface area contributed by atoms with Crippen LogP contribution in [0, 0.1) is 17.5 Å². The van der Waals surface area contributed by atoms with Crippen molar-refractivity contribution in [1.82, 2.24) is 0 Å². The van der Waals surface area contributed by atoms with Gasteiger partial charge in [-0.3, -0.25) is 4.79 Å². The van der Waals surface area contributed by atoms with Crippen molar-refractivity contribution in [2.24, 2.45) is 0 Å². The van der Waals surface area contributed by atoms with Crippen molar-refractivity contribution < 1.29 is 27.9 Å². The van der Waals surface area contributed by atoms with Crippen LogP contribution in [0.3, 0.4) is 0 Å². The van der Waals surface area contributed by atoms with Crippen LogP contribution < -0.4 is 5.11 Å². The Kier molecular flexibility index (Phi) is 3.54. The Bertz CT molecular complexity index is 474. The zero-order valence-electron chi connectivity index (χ0n) is 7.52. The number of carbonyl (C=O) groups excluding carboxylic acids is 2. The lowest BCUT2D eigenvalue weighted by atomic mass is 10.1. The molecule has 7 heteroatoms. The van der Waals surface area contributed by atoms with E-state index in [0.717, 1.165) is 0 Å². The largest absolute Gasteiger partial charge is 0.550 e. The number of carboxylic acids is 1. The molecule has 0 aromatic heterocycles. The Labute approximate surface area is 92.4 Å². The summed E-state index contributed by atoms with van der Waals surface area (Å²) in [6.07, 6.45) is -1.14. The van der Waals surface area contributed by atoms with E-state index < -0.39 is 46.2 Å². The lowest BCUT2D eigenvalue weighted by Crippen LogP contribution is -2.25. The first kappa shape index (κ1) is 12.5. The zero-order valence-corrected chi connectivity index (χ0v) is 8.28. The molecule has 0 atom stereocenters. The van der Waals surface area contributed by atoms with Gasteiger partial charge >= 0.3 is 0 Å². The van der Waals surface area contributed by atoms with E-state index >= 15 is 0 Å². The third-order valence-corrected chi connectivity index (χ3v) is 2.04. The fraction of sp³-hybridized carbons (Fsp3) is 0.111. The molecule has 0 aliphatic rings. The molecule has 3 nitrogen and oxygen atoms in total. The van der Waals surface area contributed by atoms with E-state index in [9.17, 15) is 27.9 Å². The minimum absolute atomic E-state index is 0.252. The molecular formula is C9H3ClF3O3-. The highest BCUT2D eigenvalue weighted by Gasteiger charge is 2.21. The first-order chi connectivity index (χ1) is 7.34. The van der Waals surface area contributed by atoms with Crippen LogP contribution in [0.4, 0.5) is 13.2 Å². The van der Waals surface area contributed by atoms with E-state index in [-0.39, 0.29) is 6.07 Å². The quantitative estimate of drug-likeness (QED) is 0.350. The summed E-state index contributed by atoms with van der Waals surface area (Å²) in [4.78, 5) is 21.2. The number of rotatable bonds is 3. The van der Waals surface area contributed by atoms with E-state index in [1.54, 1.807) is 0 Å². The van der Waals surface area contributed by atoms with Gasteiger partial charge in [0.05, 0.1) is 12.0 Å². The molecule has 0 radical (unpaired) electrons. The van der Waals surface area contributed by atoms with Gasteiger partial charge in [0.2, 0.25) is 0 Å². The van der Waals surface area contributed by atoms with Crippen molar-refractivity contribution in [3.8, 4) is 0 Å². The lowest BCUT2D eigenvalue weighted by Gasteiger charge is -2.06. The molecule has 0 unspecified atom stereocenters. The third kappa shape index (κ3) is 2.33. The fourth-order valence-corrected chi connectivity index (χ4v) is 1.19. The van der Waals surface area contributed by atoms with Gasteiger partial charge in [0.15, 0.2) is 23.2 Å². The minimum Gasteiger partial charge on any atom is -0.550 e. The van der Waals surface area contributed by atoms with Crippen LogP contribution in [0.15, 0.2) is 6.07 Å². The molecule has 0 saturated carbocycles. The van der Waals surface area contributed by atoms with Crippen molar-refractivity contribution in [1.29, 1.82) is 0 Å². The molecule has 0 aliphatic heterocycles. The molecule has 1 aromatic carbocycles. The second-order valence-electron chi connectivity index (χ2n) is 2.82. The predicted octanol–water partition coefficient (Wildman–Crippen LogP) is 1.08. The van der Waals surface area contributed by atoms with E-state index in [0.29, 0.717) is 0 Å². The van der Waals surface area contributed by atoms with Gasteiger partial charge < -0.3 is 9.90 Å². The number of ketones is 1. The van der Waals surface area contributed by atoms with Crippen molar-refractivity contribution in [2.45, 2.75) is 6.42 Å². The predicted molar refractivity (Wildman–Crippen MR) is 45.3 cm³/mol. The maximum absolute atomic E-state index is 13.2. The van der Waals surface area contributed by atoms with E-state index in [4.69, 9.17) is 11.6 Å². The smallest absolute Gasteiger partial charge is 0.180 e. The molecule has 0 spiro atoms. The SMILES string of the molecule is O=C([O-])CC(=O)c1cc(F)c(F)c(Cl)c1F. The minimum atomic E-state index is -1.76. The van der Waals surface area contributed by atoms with Gasteiger partial charge in [-0.1, -0.05) is 11.6 Å². The van der Waals surface area contributed by atoms with Crippen LogP contribution in [-0.2, 0) is 4.79 Å². The highest BCUT2D eigenvalue weighted by Crippen LogP contribution is 2.25. The van der Waals surface area contributed by atoms with Crippen molar-refractivity contribution >= 4 is 23.4 Å². The van der Waals surface area contributed by atoms with Crippen molar-refractivity contribution in [3.63, 3.8) is 0 Å². The number of aliphatic carboxylic acids is 1. The lowest BCUT2D eigenvalue weighted by molar-refractivity contribution is -0.304. The third-order valence-electron chi connectivity index (χ3n) is 1.71. The standard InChI is InChI=1S/C9H4ClF3O3/c10-7-8(12)3(1-4(11)9(7)13)5(14)2-6(15)16/h1H,2H2,(H,15,16)/p-1. The summed E-state index contributed by atoms with van der Waals surface area (Å²) >= 11 is 5.06. The number of Topliss-reactive ketones (excluding diaryl/α,β-unsaturated/α-hetero) is 1. The summed E-state index contributed by atoms with van der Waals surface area (Å²) in [6.45, 7) is 0. The average molecular weight is 252 g/mol. The average Bonchev–Trinajstić information content (AvgIpc) is 2.19. The summed E-state index contributed by atoms with van der Waals surface area (Å²) in [5.74, 6) is -7.67. The monoisotopic (exact) mass is 251 g/mol. The first-order valence-electron chi connectivity index (χ1n) is 3.90. The Morgan fingerprint density at radius 3 is 2.31 bits per heavy atom. The molecule has 0 aliphatic carbocycles. The summed E-state index contributed by atoms with van der Waals surface area (Å²) in [6, 6.07) is 0.252. The van der Waals surface area contributed by atoms with Crippen molar-refractivity contribution in [3.05, 3.63) is 34.1 Å². The highest BCUT2D eigenvalue weighted by molar-refractivity contribution is 6.31. The van der Waals surface area contributed by atoms with Crippen LogP contribution >= 0.6 is 11.6 Å². The van der Waals surface area contributed by atoms with Gasteiger partial charge in [0.1, 0.15) is 5.02 Å². The number of halogens is 4. The molecule has 1 rings (SSSR count). The van der Waals surface area contributed by atoms with Gasteiger partial charge in [-0.05, 0) is 6.07 Å². The number of hydrogen-bond acceptors (Lipinski definition) is 3. The Morgan fingerprint density at radius 1 is 1.25 bits per heavy atom. The first-order valence-corrected chi connectivity index (χ1v) is 4.28. The molecule has 86 valence electrons. The van der Waals surface area contributed by atoms with E-state index in [1.165, 1.54) is 0 Å². The van der Waals surface area contributed by atoms with Gasteiger partial charge in [-0.2, -0.15) is 0 Å². The van der Waals surface area contributed by atoms with Gasteiger partial charge in [-0.15, -0.1) is 0 Å². The van der Waals surface area contributed by atoms with Gasteiger partial charge in [0, 0.05) is 5.97 Å². The Hall–Kier alpha value is -1.56. The second kappa shape index (κ2) is 4.52. The van der Waals surface area contributed by atoms with Crippen molar-refractivity contribution in [2.75, 3.05) is 0 Å². The summed E-state index contributed by atoms with van der Waals surface area (Å²) in [5, 5.41) is 8.88. The number of carboxylic acid groups (broad SMARTS) is 1. The molecule has 0 saturated heterocycles. The van der Waals surface area contributed by atoms with Crippen LogP contribution in [-0.4, -0.2) is 11.8 Å². The molecule has 16 heavy (non-hydrogen) atoms. The molecule has 0 N–H and O–H groups in total. The second-order valence-corrected chi connectivity index (χ2v) is 3.20. The van der Waals surface area contributed by atoms with E-state index in [2.05, 4.69) is 0 Å². The molecule has 1 aromatic rings. The van der Waals surface area contributed by atoms with Crippen LogP contribution in [0.25, 0.3) is 0 Å². The molecular weight excluding hydrogens is 249 g/mol. The molecule has 0 amide bonds.